The number of amides is 1. The number of rotatable bonds is 3. The fourth-order valence-corrected chi connectivity index (χ4v) is 1.79. The smallest absolute Gasteiger partial charge is 0.437 e. The lowest BCUT2D eigenvalue weighted by Gasteiger charge is -2.01. The van der Waals surface area contributed by atoms with E-state index < -0.39 is 6.09 Å². The van der Waals surface area contributed by atoms with Gasteiger partial charge < -0.3 is 9.47 Å². The molecule has 0 unspecified atom stereocenters. The first kappa shape index (κ1) is 13.0. The first-order valence-electron chi connectivity index (χ1n) is 6.27. The van der Waals surface area contributed by atoms with Gasteiger partial charge in [0, 0.05) is 11.3 Å². The van der Waals surface area contributed by atoms with Gasteiger partial charge in [0.1, 0.15) is 0 Å². The molecule has 0 saturated heterocycles. The second-order valence-electron chi connectivity index (χ2n) is 4.22. The van der Waals surface area contributed by atoms with E-state index in [1.807, 2.05) is 18.2 Å². The third kappa shape index (κ3) is 3.30. The zero-order valence-corrected chi connectivity index (χ0v) is 11.0. The Morgan fingerprint density at radius 2 is 1.95 bits per heavy atom. The lowest BCUT2D eigenvalue weighted by atomic mass is 10.2. The lowest BCUT2D eigenvalue weighted by Crippen LogP contribution is -2.10. The maximum atomic E-state index is 11.5. The first-order chi connectivity index (χ1) is 10.3. The summed E-state index contributed by atoms with van der Waals surface area (Å²) in [6.07, 6.45) is 0.769. The summed E-state index contributed by atoms with van der Waals surface area (Å²) in [5.41, 5.74) is 1.38. The third-order valence-corrected chi connectivity index (χ3v) is 2.75. The van der Waals surface area contributed by atoms with Crippen molar-refractivity contribution in [1.29, 1.82) is 0 Å². The summed E-state index contributed by atoms with van der Waals surface area (Å²) in [5.74, 6) is 1.34. The molecule has 0 atom stereocenters. The molecular weight excluding hydrogens is 272 g/mol. The van der Waals surface area contributed by atoms with Crippen molar-refractivity contribution < 1.29 is 19.1 Å². The van der Waals surface area contributed by atoms with Crippen molar-refractivity contribution in [3.05, 3.63) is 54.1 Å². The molecular formula is C15H12N2O4. The molecule has 1 heterocycles. The highest BCUT2D eigenvalue weighted by Crippen LogP contribution is 2.31. The molecule has 3 rings (SSSR count). The van der Waals surface area contributed by atoms with E-state index in [4.69, 9.17) is 14.3 Å². The molecule has 0 aliphatic carbocycles. The van der Waals surface area contributed by atoms with E-state index in [9.17, 15) is 4.79 Å². The average Bonchev–Trinajstić information content (AvgIpc) is 2.96. The zero-order valence-electron chi connectivity index (χ0n) is 11.0. The van der Waals surface area contributed by atoms with Crippen LogP contribution in [0.1, 0.15) is 5.56 Å². The molecule has 1 amide bonds. The molecule has 0 spiro atoms. The van der Waals surface area contributed by atoms with Crippen LogP contribution < -0.4 is 14.8 Å². The van der Waals surface area contributed by atoms with Gasteiger partial charge in [-0.15, -0.1) is 0 Å². The molecule has 0 saturated carbocycles. The van der Waals surface area contributed by atoms with Crippen molar-refractivity contribution in [2.45, 2.75) is 0 Å². The van der Waals surface area contributed by atoms with Gasteiger partial charge >= 0.3 is 6.09 Å². The van der Waals surface area contributed by atoms with Crippen molar-refractivity contribution in [3.8, 4) is 11.5 Å². The predicted molar refractivity (Wildman–Crippen MR) is 76.7 cm³/mol. The number of hydrogen-bond acceptors (Lipinski definition) is 5. The number of oxime groups is 1. The maximum absolute atomic E-state index is 11.5. The number of nitrogens with zero attached hydrogens (tertiary/aromatic N) is 1. The molecule has 0 fully saturated rings. The Kier molecular flexibility index (Phi) is 3.68. The SMILES string of the molecule is O=C(Nc1ccccc1)O/N=C\c1ccc2c(c1)OCO2. The number of carbonyl (C=O) groups is 1. The monoisotopic (exact) mass is 284 g/mol. The van der Waals surface area contributed by atoms with Crippen LogP contribution in [0.2, 0.25) is 0 Å². The molecule has 106 valence electrons. The lowest BCUT2D eigenvalue weighted by molar-refractivity contribution is 0.167. The van der Waals surface area contributed by atoms with Gasteiger partial charge in [0.05, 0.1) is 6.21 Å². The molecule has 2 aromatic rings. The Morgan fingerprint density at radius 3 is 2.81 bits per heavy atom. The number of fused-ring (bicyclic) bond motifs is 1. The maximum Gasteiger partial charge on any atom is 0.437 e. The summed E-state index contributed by atoms with van der Waals surface area (Å²) in [6.45, 7) is 0.214. The van der Waals surface area contributed by atoms with Gasteiger partial charge in [-0.2, -0.15) is 0 Å². The summed E-state index contributed by atoms with van der Waals surface area (Å²) in [5, 5.41) is 6.18. The predicted octanol–water partition coefficient (Wildman–Crippen LogP) is 3.00. The minimum Gasteiger partial charge on any atom is -0.454 e. The van der Waals surface area contributed by atoms with Crippen LogP contribution in [0.25, 0.3) is 0 Å². The molecule has 1 aliphatic heterocycles. The van der Waals surface area contributed by atoms with E-state index in [0.29, 0.717) is 17.2 Å². The molecule has 0 bridgehead atoms. The number of para-hydroxylation sites is 1. The van der Waals surface area contributed by atoms with Gasteiger partial charge in [-0.3, -0.25) is 10.2 Å². The van der Waals surface area contributed by atoms with E-state index in [2.05, 4.69) is 10.5 Å². The highest BCUT2D eigenvalue weighted by molar-refractivity contribution is 5.86. The Hall–Kier alpha value is -3.02. The molecule has 0 aromatic heterocycles. The summed E-state index contributed by atoms with van der Waals surface area (Å²) in [7, 11) is 0. The summed E-state index contributed by atoms with van der Waals surface area (Å²) in [4.78, 5) is 16.2. The fourth-order valence-electron chi connectivity index (χ4n) is 1.79. The molecule has 6 heteroatoms. The number of hydrogen-bond donors (Lipinski definition) is 1. The van der Waals surface area contributed by atoms with Crippen molar-refractivity contribution in [2.24, 2.45) is 5.16 Å². The van der Waals surface area contributed by atoms with Crippen LogP contribution in [-0.2, 0) is 4.84 Å². The van der Waals surface area contributed by atoms with E-state index in [1.165, 1.54) is 6.21 Å². The van der Waals surface area contributed by atoms with Crippen molar-refractivity contribution >= 4 is 18.0 Å². The van der Waals surface area contributed by atoms with E-state index in [-0.39, 0.29) is 6.79 Å². The average molecular weight is 284 g/mol. The van der Waals surface area contributed by atoms with Gasteiger partial charge in [-0.25, -0.2) is 4.79 Å². The Balaban J connectivity index is 1.56. The Bertz CT molecular complexity index is 671. The Labute approximate surface area is 120 Å². The summed E-state index contributed by atoms with van der Waals surface area (Å²) < 4.78 is 10.4. The van der Waals surface area contributed by atoms with Crippen LogP contribution in [0, 0.1) is 0 Å². The highest BCUT2D eigenvalue weighted by atomic mass is 16.7. The highest BCUT2D eigenvalue weighted by Gasteiger charge is 2.12. The van der Waals surface area contributed by atoms with Gasteiger partial charge in [0.15, 0.2) is 11.5 Å². The minimum atomic E-state index is -0.654. The van der Waals surface area contributed by atoms with E-state index >= 15 is 0 Å². The second-order valence-corrected chi connectivity index (χ2v) is 4.22. The molecule has 1 aliphatic rings. The van der Waals surface area contributed by atoms with Crippen LogP contribution in [0.4, 0.5) is 10.5 Å². The number of nitrogens with one attached hydrogen (secondary N) is 1. The molecule has 6 nitrogen and oxygen atoms in total. The normalized spacial score (nSPS) is 12.4. The summed E-state index contributed by atoms with van der Waals surface area (Å²) in [6, 6.07) is 14.3. The Morgan fingerprint density at radius 1 is 1.14 bits per heavy atom. The third-order valence-electron chi connectivity index (χ3n) is 2.75. The largest absolute Gasteiger partial charge is 0.454 e. The zero-order chi connectivity index (χ0) is 14.5. The van der Waals surface area contributed by atoms with Gasteiger partial charge in [-0.05, 0) is 30.3 Å². The number of ether oxygens (including phenoxy) is 2. The molecule has 2 aromatic carbocycles. The molecule has 21 heavy (non-hydrogen) atoms. The van der Waals surface area contributed by atoms with Crippen molar-refractivity contribution in [1.82, 2.24) is 0 Å². The van der Waals surface area contributed by atoms with Gasteiger partial charge in [0.25, 0.3) is 0 Å². The topological polar surface area (TPSA) is 69.2 Å². The van der Waals surface area contributed by atoms with Crippen LogP contribution in [0.3, 0.4) is 0 Å². The number of carbonyl (C=O) groups excluding carboxylic acids is 1. The van der Waals surface area contributed by atoms with Crippen LogP contribution in [-0.4, -0.2) is 19.1 Å². The van der Waals surface area contributed by atoms with Crippen molar-refractivity contribution in [2.75, 3.05) is 12.1 Å². The van der Waals surface area contributed by atoms with Crippen LogP contribution >= 0.6 is 0 Å². The van der Waals surface area contributed by atoms with E-state index in [1.54, 1.807) is 30.3 Å². The minimum absolute atomic E-state index is 0.214. The summed E-state index contributed by atoms with van der Waals surface area (Å²) >= 11 is 0. The van der Waals surface area contributed by atoms with Crippen molar-refractivity contribution in [3.63, 3.8) is 0 Å². The van der Waals surface area contributed by atoms with Crippen LogP contribution in [0.15, 0.2) is 53.7 Å². The van der Waals surface area contributed by atoms with Gasteiger partial charge in [0.2, 0.25) is 6.79 Å². The first-order valence-corrected chi connectivity index (χ1v) is 6.27. The fraction of sp³-hybridized carbons (Fsp3) is 0.0667. The number of anilines is 1. The molecule has 1 N–H and O–H groups in total. The quantitative estimate of drug-likeness (QED) is 0.534. The standard InChI is InChI=1S/C15H12N2O4/c18-15(17-12-4-2-1-3-5-12)21-16-9-11-6-7-13-14(8-11)20-10-19-13/h1-9H,10H2,(H,17,18)/b16-9-. The van der Waals surface area contributed by atoms with Crippen LogP contribution in [0.5, 0.6) is 11.5 Å². The second kappa shape index (κ2) is 5.96. The number of benzene rings is 2. The van der Waals surface area contributed by atoms with E-state index in [0.717, 1.165) is 5.56 Å². The molecule has 0 radical (unpaired) electrons. The van der Waals surface area contributed by atoms with Gasteiger partial charge in [-0.1, -0.05) is 23.4 Å².